The summed E-state index contributed by atoms with van der Waals surface area (Å²) in [5.74, 6) is -0.0472. The number of nitrogens with zero attached hydrogens (tertiary/aromatic N) is 1. The Morgan fingerprint density at radius 2 is 1.90 bits per heavy atom. The number of anilines is 2. The van der Waals surface area contributed by atoms with Gasteiger partial charge in [-0.05, 0) is 36.1 Å². The fraction of sp³-hybridized carbons (Fsp3) is 0.500. The first-order valence-corrected chi connectivity index (χ1v) is 7.26. The minimum Gasteiger partial charge on any atom is -0.325 e. The number of nitrogens with one attached hydrogen (secondary N) is 1. The molecule has 0 bridgehead atoms. The summed E-state index contributed by atoms with van der Waals surface area (Å²) in [5.41, 5.74) is 7.20. The van der Waals surface area contributed by atoms with Gasteiger partial charge in [-0.25, -0.2) is 0 Å². The molecule has 0 spiro atoms. The van der Waals surface area contributed by atoms with E-state index in [1.165, 1.54) is 0 Å². The predicted molar refractivity (Wildman–Crippen MR) is 84.1 cm³/mol. The lowest BCUT2D eigenvalue weighted by Crippen LogP contribution is -2.45. The third-order valence-electron chi connectivity index (χ3n) is 3.74. The highest BCUT2D eigenvalue weighted by atomic mass is 16.2. The third-order valence-corrected chi connectivity index (χ3v) is 3.74. The zero-order valence-electron chi connectivity index (χ0n) is 12.8. The maximum atomic E-state index is 12.1. The van der Waals surface area contributed by atoms with Crippen LogP contribution in [0.15, 0.2) is 24.3 Å². The van der Waals surface area contributed by atoms with Crippen molar-refractivity contribution in [1.29, 1.82) is 0 Å². The topological polar surface area (TPSA) is 75.4 Å². The molecule has 1 saturated heterocycles. The summed E-state index contributed by atoms with van der Waals surface area (Å²) in [7, 11) is 0. The van der Waals surface area contributed by atoms with Crippen molar-refractivity contribution in [2.75, 3.05) is 16.8 Å². The fourth-order valence-corrected chi connectivity index (χ4v) is 2.26. The molecule has 5 nitrogen and oxygen atoms in total. The first-order chi connectivity index (χ1) is 9.79. The van der Waals surface area contributed by atoms with E-state index in [4.69, 9.17) is 5.73 Å². The highest BCUT2D eigenvalue weighted by Gasteiger charge is 2.27. The van der Waals surface area contributed by atoms with Crippen molar-refractivity contribution in [2.45, 2.75) is 39.7 Å². The van der Waals surface area contributed by atoms with Crippen LogP contribution in [0, 0.1) is 5.41 Å². The lowest BCUT2D eigenvalue weighted by molar-refractivity contribution is -0.119. The zero-order chi connectivity index (χ0) is 15.6. The second-order valence-electron chi connectivity index (χ2n) is 6.53. The van der Waals surface area contributed by atoms with Crippen LogP contribution in [0.25, 0.3) is 0 Å². The van der Waals surface area contributed by atoms with Crippen LogP contribution in [0.5, 0.6) is 0 Å². The van der Waals surface area contributed by atoms with Gasteiger partial charge in [-0.1, -0.05) is 20.8 Å². The third kappa shape index (κ3) is 3.61. The van der Waals surface area contributed by atoms with Crippen molar-refractivity contribution in [3.63, 3.8) is 0 Å². The molecule has 0 radical (unpaired) electrons. The van der Waals surface area contributed by atoms with E-state index >= 15 is 0 Å². The van der Waals surface area contributed by atoms with Crippen molar-refractivity contribution in [3.05, 3.63) is 24.3 Å². The summed E-state index contributed by atoms with van der Waals surface area (Å²) in [6, 6.07) is 6.73. The first-order valence-electron chi connectivity index (χ1n) is 7.26. The maximum absolute atomic E-state index is 12.1. The van der Waals surface area contributed by atoms with Crippen molar-refractivity contribution < 1.29 is 9.59 Å². The van der Waals surface area contributed by atoms with Crippen molar-refractivity contribution >= 4 is 23.2 Å². The van der Waals surface area contributed by atoms with E-state index in [0.29, 0.717) is 12.1 Å². The van der Waals surface area contributed by atoms with E-state index in [9.17, 15) is 9.59 Å². The van der Waals surface area contributed by atoms with Crippen LogP contribution < -0.4 is 16.0 Å². The molecule has 21 heavy (non-hydrogen) atoms. The Labute approximate surface area is 125 Å². The van der Waals surface area contributed by atoms with Gasteiger partial charge in [-0.2, -0.15) is 0 Å². The molecule has 1 aromatic carbocycles. The van der Waals surface area contributed by atoms with E-state index in [0.717, 1.165) is 18.7 Å². The van der Waals surface area contributed by atoms with E-state index in [-0.39, 0.29) is 17.2 Å². The Morgan fingerprint density at radius 1 is 1.29 bits per heavy atom. The Morgan fingerprint density at radius 3 is 2.38 bits per heavy atom. The van der Waals surface area contributed by atoms with Gasteiger partial charge >= 0.3 is 0 Å². The highest BCUT2D eigenvalue weighted by molar-refractivity contribution is 5.97. The molecule has 0 aromatic heterocycles. The number of carbonyl (C=O) groups is 2. The Bertz CT molecular complexity index is 531. The Kier molecular flexibility index (Phi) is 4.32. The van der Waals surface area contributed by atoms with Crippen LogP contribution in [-0.2, 0) is 9.59 Å². The van der Waals surface area contributed by atoms with Crippen LogP contribution in [0.2, 0.25) is 0 Å². The molecule has 0 saturated carbocycles. The number of hydrogen-bond donors (Lipinski definition) is 2. The molecule has 3 N–H and O–H groups in total. The average molecular weight is 289 g/mol. The predicted octanol–water partition coefficient (Wildman–Crippen LogP) is 2.13. The van der Waals surface area contributed by atoms with Gasteiger partial charge in [0.15, 0.2) is 0 Å². The molecule has 1 aliphatic heterocycles. The first kappa shape index (κ1) is 15.5. The lowest BCUT2D eigenvalue weighted by atomic mass is 9.87. The van der Waals surface area contributed by atoms with Gasteiger partial charge in [0, 0.05) is 24.3 Å². The normalized spacial score (nSPS) is 17.0. The smallest absolute Gasteiger partial charge is 0.241 e. The second kappa shape index (κ2) is 5.85. The second-order valence-corrected chi connectivity index (χ2v) is 6.53. The SMILES string of the molecule is CC(C)(C)[C@H](N)C(=O)Nc1ccc(N2CCCC2=O)cc1. The molecule has 1 aliphatic rings. The van der Waals surface area contributed by atoms with Gasteiger partial charge in [-0.3, -0.25) is 9.59 Å². The average Bonchev–Trinajstić information content (AvgIpc) is 2.84. The molecule has 2 amide bonds. The lowest BCUT2D eigenvalue weighted by Gasteiger charge is -2.26. The zero-order valence-corrected chi connectivity index (χ0v) is 12.8. The van der Waals surface area contributed by atoms with Gasteiger partial charge in [0.1, 0.15) is 0 Å². The molecule has 2 rings (SSSR count). The maximum Gasteiger partial charge on any atom is 0.241 e. The van der Waals surface area contributed by atoms with Crippen LogP contribution in [0.4, 0.5) is 11.4 Å². The van der Waals surface area contributed by atoms with E-state index in [1.54, 1.807) is 17.0 Å². The van der Waals surface area contributed by atoms with E-state index < -0.39 is 6.04 Å². The molecule has 1 heterocycles. The molecule has 5 heteroatoms. The summed E-state index contributed by atoms with van der Waals surface area (Å²) in [5, 5.41) is 2.81. The molecular formula is C16H23N3O2. The monoisotopic (exact) mass is 289 g/mol. The Balaban J connectivity index is 2.03. The molecule has 1 fully saturated rings. The van der Waals surface area contributed by atoms with Gasteiger partial charge in [0.2, 0.25) is 11.8 Å². The molecular weight excluding hydrogens is 266 g/mol. The summed E-state index contributed by atoms with van der Waals surface area (Å²) >= 11 is 0. The van der Waals surface area contributed by atoms with Gasteiger partial charge < -0.3 is 16.0 Å². The highest BCUT2D eigenvalue weighted by Crippen LogP contribution is 2.24. The Hall–Kier alpha value is -1.88. The summed E-state index contributed by atoms with van der Waals surface area (Å²) < 4.78 is 0. The van der Waals surface area contributed by atoms with E-state index in [1.807, 2.05) is 32.9 Å². The molecule has 0 aliphatic carbocycles. The molecule has 1 atom stereocenters. The largest absolute Gasteiger partial charge is 0.325 e. The molecule has 1 aromatic rings. The number of nitrogens with two attached hydrogens (primary N) is 1. The number of hydrogen-bond acceptors (Lipinski definition) is 3. The quantitative estimate of drug-likeness (QED) is 0.895. The van der Waals surface area contributed by atoms with E-state index in [2.05, 4.69) is 5.32 Å². The minimum absolute atomic E-state index is 0.154. The van der Waals surface area contributed by atoms with Crippen LogP contribution in [0.3, 0.4) is 0 Å². The van der Waals surface area contributed by atoms with Crippen LogP contribution >= 0.6 is 0 Å². The summed E-state index contributed by atoms with van der Waals surface area (Å²) in [6.07, 6.45) is 1.51. The number of rotatable bonds is 3. The van der Waals surface area contributed by atoms with Crippen molar-refractivity contribution in [2.24, 2.45) is 11.1 Å². The van der Waals surface area contributed by atoms with Crippen LogP contribution in [0.1, 0.15) is 33.6 Å². The molecule has 0 unspecified atom stereocenters. The fourth-order valence-electron chi connectivity index (χ4n) is 2.26. The minimum atomic E-state index is -0.572. The number of carbonyl (C=O) groups excluding carboxylic acids is 2. The molecule has 114 valence electrons. The van der Waals surface area contributed by atoms with Gasteiger partial charge in [-0.15, -0.1) is 0 Å². The van der Waals surface area contributed by atoms with Gasteiger partial charge in [0.25, 0.3) is 0 Å². The van der Waals surface area contributed by atoms with Crippen LogP contribution in [-0.4, -0.2) is 24.4 Å². The standard InChI is InChI=1S/C16H23N3O2/c1-16(2,3)14(17)15(21)18-11-6-8-12(9-7-11)19-10-4-5-13(19)20/h6-9,14H,4-5,10,17H2,1-3H3,(H,18,21)/t14-/m1/s1. The van der Waals surface area contributed by atoms with Crippen molar-refractivity contribution in [1.82, 2.24) is 0 Å². The van der Waals surface area contributed by atoms with Crippen molar-refractivity contribution in [3.8, 4) is 0 Å². The number of benzene rings is 1. The summed E-state index contributed by atoms with van der Waals surface area (Å²) in [4.78, 5) is 25.5. The summed E-state index contributed by atoms with van der Waals surface area (Å²) in [6.45, 7) is 6.55. The van der Waals surface area contributed by atoms with Gasteiger partial charge in [0.05, 0.1) is 6.04 Å². The number of amides is 2.